The van der Waals surface area contributed by atoms with E-state index in [-0.39, 0.29) is 17.2 Å². The number of thioether (sulfide) groups is 1. The van der Waals surface area contributed by atoms with E-state index in [2.05, 4.69) is 11.1 Å². The summed E-state index contributed by atoms with van der Waals surface area (Å²) in [5.74, 6) is 0.720. The minimum atomic E-state index is -0.229. The fraction of sp³-hybridized carbons (Fsp3) is 0.154. The van der Waals surface area contributed by atoms with Crippen LogP contribution in [0.25, 0.3) is 16.6 Å². The summed E-state index contributed by atoms with van der Waals surface area (Å²) in [6, 6.07) is 23.5. The number of methoxy groups -OCH3 is 1. The molecule has 1 amide bonds. The molecule has 4 rings (SSSR count). The van der Waals surface area contributed by atoms with Crippen LogP contribution in [-0.2, 0) is 11.3 Å². The molecule has 0 aliphatic heterocycles. The third-order valence-corrected chi connectivity index (χ3v) is 6.27. The summed E-state index contributed by atoms with van der Waals surface area (Å²) < 4.78 is 6.87. The van der Waals surface area contributed by atoms with E-state index >= 15 is 0 Å². The van der Waals surface area contributed by atoms with E-state index in [0.717, 1.165) is 11.3 Å². The molecule has 0 aliphatic rings. The lowest BCUT2D eigenvalue weighted by Gasteiger charge is -2.19. The molecule has 0 spiro atoms. The minimum absolute atomic E-state index is 0.104. The zero-order valence-electron chi connectivity index (χ0n) is 18.8. The van der Waals surface area contributed by atoms with Gasteiger partial charge in [0.15, 0.2) is 5.16 Å². The van der Waals surface area contributed by atoms with E-state index in [9.17, 15) is 9.59 Å². The largest absolute Gasteiger partial charge is 0.496 e. The highest BCUT2D eigenvalue weighted by Gasteiger charge is 2.17. The summed E-state index contributed by atoms with van der Waals surface area (Å²) in [6.45, 7) is 0.400. The fourth-order valence-corrected chi connectivity index (χ4v) is 4.49. The molecule has 0 N–H and O–H groups in total. The van der Waals surface area contributed by atoms with Gasteiger partial charge in [0.1, 0.15) is 5.75 Å². The Labute approximate surface area is 201 Å². The number of fused-ring (bicyclic) bond motifs is 1. The number of para-hydroxylation sites is 2. The van der Waals surface area contributed by atoms with E-state index in [0.29, 0.717) is 33.9 Å². The maximum Gasteiger partial charge on any atom is 0.266 e. The second kappa shape index (κ2) is 10.2. The van der Waals surface area contributed by atoms with Crippen molar-refractivity contribution in [3.63, 3.8) is 0 Å². The van der Waals surface area contributed by atoms with Crippen molar-refractivity contribution in [1.82, 2.24) is 14.5 Å². The number of benzene rings is 3. The summed E-state index contributed by atoms with van der Waals surface area (Å²) in [5, 5.41) is 9.99. The highest BCUT2D eigenvalue weighted by molar-refractivity contribution is 7.99. The van der Waals surface area contributed by atoms with Gasteiger partial charge in [0.25, 0.3) is 5.56 Å². The van der Waals surface area contributed by atoms with Gasteiger partial charge in [0.05, 0.1) is 41.1 Å². The molecule has 170 valence electrons. The second-order valence-electron chi connectivity index (χ2n) is 7.56. The third-order valence-electron chi connectivity index (χ3n) is 5.35. The Bertz CT molecular complexity index is 1440. The van der Waals surface area contributed by atoms with Gasteiger partial charge in [-0.05, 0) is 42.5 Å². The predicted octanol–water partition coefficient (Wildman–Crippen LogP) is 4.02. The van der Waals surface area contributed by atoms with Gasteiger partial charge in [-0.25, -0.2) is 4.98 Å². The summed E-state index contributed by atoms with van der Waals surface area (Å²) in [5.41, 5.74) is 2.32. The van der Waals surface area contributed by atoms with Gasteiger partial charge < -0.3 is 9.64 Å². The molecule has 34 heavy (non-hydrogen) atoms. The van der Waals surface area contributed by atoms with Gasteiger partial charge in [-0.3, -0.25) is 14.2 Å². The number of ether oxygens (including phenoxy) is 1. The first-order valence-electron chi connectivity index (χ1n) is 10.5. The average Bonchev–Trinajstić information content (AvgIpc) is 2.87. The number of hydrogen-bond acceptors (Lipinski definition) is 6. The Morgan fingerprint density at radius 1 is 1.09 bits per heavy atom. The molecule has 0 saturated carbocycles. The molecule has 0 fully saturated rings. The van der Waals surface area contributed by atoms with E-state index < -0.39 is 0 Å². The molecule has 4 aromatic rings. The lowest BCUT2D eigenvalue weighted by Crippen LogP contribution is -2.28. The van der Waals surface area contributed by atoms with Gasteiger partial charge in [0, 0.05) is 19.2 Å². The van der Waals surface area contributed by atoms with Gasteiger partial charge >= 0.3 is 0 Å². The standard InChI is InChI=1S/C26H22N4O3S/c1-29(16-19-7-3-6-10-23(19)33-2)24(31)17-34-26-28-22-9-5-4-8-21(22)25(32)30(26)20-13-11-18(15-27)12-14-20/h3-14H,16-17H2,1-2H3. The molecule has 0 unspecified atom stereocenters. The molecule has 3 aromatic carbocycles. The van der Waals surface area contributed by atoms with Gasteiger partial charge in [-0.1, -0.05) is 42.1 Å². The van der Waals surface area contributed by atoms with Crippen LogP contribution in [0.5, 0.6) is 5.75 Å². The number of rotatable bonds is 7. The van der Waals surface area contributed by atoms with Crippen molar-refractivity contribution in [2.75, 3.05) is 19.9 Å². The Morgan fingerprint density at radius 3 is 2.53 bits per heavy atom. The van der Waals surface area contributed by atoms with Crippen LogP contribution < -0.4 is 10.3 Å². The number of carbonyl (C=O) groups excluding carboxylic acids is 1. The van der Waals surface area contributed by atoms with Crippen molar-refractivity contribution in [3.05, 3.63) is 94.3 Å². The number of nitrogens with zero attached hydrogens (tertiary/aromatic N) is 4. The third kappa shape index (κ3) is 4.80. The number of hydrogen-bond donors (Lipinski definition) is 0. The molecule has 0 atom stereocenters. The topological polar surface area (TPSA) is 88.2 Å². The summed E-state index contributed by atoms with van der Waals surface area (Å²) in [7, 11) is 3.33. The number of nitriles is 1. The minimum Gasteiger partial charge on any atom is -0.496 e. The fourth-order valence-electron chi connectivity index (χ4n) is 3.54. The lowest BCUT2D eigenvalue weighted by molar-refractivity contribution is -0.127. The van der Waals surface area contributed by atoms with Crippen LogP contribution in [0.2, 0.25) is 0 Å². The van der Waals surface area contributed by atoms with Gasteiger partial charge in [-0.2, -0.15) is 5.26 Å². The normalized spacial score (nSPS) is 10.6. The maximum atomic E-state index is 13.3. The number of carbonyl (C=O) groups is 1. The Balaban J connectivity index is 1.62. The lowest BCUT2D eigenvalue weighted by atomic mass is 10.2. The second-order valence-corrected chi connectivity index (χ2v) is 8.50. The molecule has 1 heterocycles. The first kappa shape index (κ1) is 23.1. The van der Waals surface area contributed by atoms with Crippen molar-refractivity contribution >= 4 is 28.6 Å². The Kier molecular flexibility index (Phi) is 6.95. The first-order chi connectivity index (χ1) is 16.5. The van der Waals surface area contributed by atoms with Gasteiger partial charge in [0.2, 0.25) is 5.91 Å². The van der Waals surface area contributed by atoms with Crippen molar-refractivity contribution < 1.29 is 9.53 Å². The molecule has 8 heteroatoms. The highest BCUT2D eigenvalue weighted by atomic mass is 32.2. The van der Waals surface area contributed by atoms with E-state index in [1.807, 2.05) is 30.3 Å². The van der Waals surface area contributed by atoms with Crippen molar-refractivity contribution in [2.24, 2.45) is 0 Å². The Morgan fingerprint density at radius 2 is 1.79 bits per heavy atom. The van der Waals surface area contributed by atoms with Gasteiger partial charge in [-0.15, -0.1) is 0 Å². The van der Waals surface area contributed by atoms with Crippen LogP contribution in [0, 0.1) is 11.3 Å². The number of amides is 1. The molecule has 0 saturated heterocycles. The smallest absolute Gasteiger partial charge is 0.266 e. The SMILES string of the molecule is COc1ccccc1CN(C)C(=O)CSc1nc2ccccc2c(=O)n1-c1ccc(C#N)cc1. The molecule has 0 bridgehead atoms. The van der Waals surface area contributed by atoms with Crippen molar-refractivity contribution in [1.29, 1.82) is 5.26 Å². The summed E-state index contributed by atoms with van der Waals surface area (Å²) in [4.78, 5) is 32.5. The molecule has 0 radical (unpaired) electrons. The molecule has 7 nitrogen and oxygen atoms in total. The Hall–Kier alpha value is -4.09. The van der Waals surface area contributed by atoms with Crippen LogP contribution >= 0.6 is 11.8 Å². The van der Waals surface area contributed by atoms with E-state index in [4.69, 9.17) is 10.00 Å². The van der Waals surface area contributed by atoms with E-state index in [1.165, 1.54) is 16.3 Å². The predicted molar refractivity (Wildman–Crippen MR) is 132 cm³/mol. The average molecular weight is 471 g/mol. The molecular formula is C26H22N4O3S. The van der Waals surface area contributed by atoms with Crippen LogP contribution in [0.4, 0.5) is 0 Å². The first-order valence-corrected chi connectivity index (χ1v) is 11.5. The highest BCUT2D eigenvalue weighted by Crippen LogP contribution is 2.23. The summed E-state index contributed by atoms with van der Waals surface area (Å²) >= 11 is 1.20. The van der Waals surface area contributed by atoms with Crippen LogP contribution in [0.15, 0.2) is 82.7 Å². The zero-order valence-corrected chi connectivity index (χ0v) is 19.6. The zero-order chi connectivity index (χ0) is 24.1. The monoisotopic (exact) mass is 470 g/mol. The van der Waals surface area contributed by atoms with Crippen LogP contribution in [0.1, 0.15) is 11.1 Å². The maximum absolute atomic E-state index is 13.3. The quantitative estimate of drug-likeness (QED) is 0.300. The van der Waals surface area contributed by atoms with Crippen molar-refractivity contribution in [2.45, 2.75) is 11.7 Å². The number of aromatic nitrogens is 2. The van der Waals surface area contributed by atoms with Crippen LogP contribution in [-0.4, -0.2) is 40.3 Å². The molecule has 0 aliphatic carbocycles. The van der Waals surface area contributed by atoms with E-state index in [1.54, 1.807) is 61.5 Å². The summed E-state index contributed by atoms with van der Waals surface area (Å²) in [6.07, 6.45) is 0. The van der Waals surface area contributed by atoms with Crippen molar-refractivity contribution in [3.8, 4) is 17.5 Å². The molecular weight excluding hydrogens is 448 g/mol. The van der Waals surface area contributed by atoms with Crippen LogP contribution in [0.3, 0.4) is 0 Å². The molecule has 1 aromatic heterocycles.